The van der Waals surface area contributed by atoms with Gasteiger partial charge in [-0.2, -0.15) is 0 Å². The lowest BCUT2D eigenvalue weighted by Gasteiger charge is -2.34. The normalized spacial score (nSPS) is 19.8. The second-order valence-corrected chi connectivity index (χ2v) is 9.29. The Hall–Kier alpha value is -2.74. The molecule has 3 heterocycles. The van der Waals surface area contributed by atoms with Crippen LogP contribution in [0.15, 0.2) is 23.0 Å². The molecule has 0 bridgehead atoms. The van der Waals surface area contributed by atoms with Gasteiger partial charge in [-0.3, -0.25) is 23.9 Å². The maximum atomic E-state index is 13.1. The highest BCUT2D eigenvalue weighted by atomic mass is 16.2. The summed E-state index contributed by atoms with van der Waals surface area (Å²) in [7, 11) is 0. The fourth-order valence-electron chi connectivity index (χ4n) is 4.72. The van der Waals surface area contributed by atoms with E-state index in [1.807, 2.05) is 9.47 Å². The highest BCUT2D eigenvalue weighted by Crippen LogP contribution is 2.19. The molecular formula is C24H31N5O3. The van der Waals surface area contributed by atoms with Crippen molar-refractivity contribution in [1.82, 2.24) is 24.7 Å². The molecule has 5 rings (SSSR count). The van der Waals surface area contributed by atoms with Gasteiger partial charge in [-0.05, 0) is 43.9 Å². The monoisotopic (exact) mass is 437 g/mol. The van der Waals surface area contributed by atoms with Crippen molar-refractivity contribution >= 4 is 22.7 Å². The lowest BCUT2D eigenvalue weighted by Crippen LogP contribution is -2.51. The van der Waals surface area contributed by atoms with E-state index < -0.39 is 0 Å². The van der Waals surface area contributed by atoms with Crippen molar-refractivity contribution in [2.75, 3.05) is 32.7 Å². The Bertz CT molecular complexity index is 1080. The average molecular weight is 438 g/mol. The lowest BCUT2D eigenvalue weighted by molar-refractivity contribution is -0.122. The van der Waals surface area contributed by atoms with E-state index >= 15 is 0 Å². The summed E-state index contributed by atoms with van der Waals surface area (Å²) in [6.07, 6.45) is 7.34. The van der Waals surface area contributed by atoms with E-state index in [1.54, 1.807) is 18.2 Å². The standard InChI is InChI=1S/C24H31N5O3/c30-22(25-18-7-8-18)16-27-11-13-28(14-12-27)23(31)17-6-9-19-20(15-17)26-21-5-3-1-2-4-10-29(21)24(19)32/h6,9,15,18H,1-5,7-8,10-14,16H2,(H,25,30). The fraction of sp³-hybridized carbons (Fsp3) is 0.583. The third-order valence-electron chi connectivity index (χ3n) is 6.78. The second kappa shape index (κ2) is 9.02. The van der Waals surface area contributed by atoms with Gasteiger partial charge in [-0.1, -0.05) is 12.8 Å². The van der Waals surface area contributed by atoms with Crippen molar-refractivity contribution < 1.29 is 9.59 Å². The fourth-order valence-corrected chi connectivity index (χ4v) is 4.72. The first-order chi connectivity index (χ1) is 15.6. The molecule has 1 saturated carbocycles. The molecule has 8 nitrogen and oxygen atoms in total. The SMILES string of the molecule is O=C(CN1CCN(C(=O)c2ccc3c(=O)n4c(nc3c2)CCCCCC4)CC1)NC1CC1. The molecule has 1 aromatic heterocycles. The smallest absolute Gasteiger partial charge is 0.261 e. The van der Waals surface area contributed by atoms with Crippen LogP contribution in [0.5, 0.6) is 0 Å². The zero-order valence-corrected chi connectivity index (χ0v) is 18.5. The molecule has 0 spiro atoms. The van der Waals surface area contributed by atoms with E-state index in [0.717, 1.165) is 50.9 Å². The number of rotatable bonds is 4. The number of piperazine rings is 1. The minimum absolute atomic E-state index is 0.00369. The van der Waals surface area contributed by atoms with Gasteiger partial charge in [0.2, 0.25) is 5.91 Å². The Morgan fingerprint density at radius 1 is 1.00 bits per heavy atom. The second-order valence-electron chi connectivity index (χ2n) is 9.29. The number of nitrogens with one attached hydrogen (secondary N) is 1. The third kappa shape index (κ3) is 4.55. The molecular weight excluding hydrogens is 406 g/mol. The Morgan fingerprint density at radius 2 is 1.78 bits per heavy atom. The first kappa shape index (κ1) is 21.1. The Morgan fingerprint density at radius 3 is 2.56 bits per heavy atom. The quantitative estimate of drug-likeness (QED) is 0.784. The average Bonchev–Trinajstić information content (AvgIpc) is 3.58. The maximum absolute atomic E-state index is 13.1. The van der Waals surface area contributed by atoms with Gasteiger partial charge >= 0.3 is 0 Å². The van der Waals surface area contributed by atoms with Crippen LogP contribution in [0.25, 0.3) is 10.9 Å². The van der Waals surface area contributed by atoms with Crippen molar-refractivity contribution in [2.45, 2.75) is 57.5 Å². The van der Waals surface area contributed by atoms with E-state index in [4.69, 9.17) is 4.98 Å². The van der Waals surface area contributed by atoms with Crippen LogP contribution in [0.2, 0.25) is 0 Å². The van der Waals surface area contributed by atoms with Gasteiger partial charge in [0.1, 0.15) is 5.82 Å². The zero-order chi connectivity index (χ0) is 22.1. The summed E-state index contributed by atoms with van der Waals surface area (Å²) in [6.45, 7) is 3.67. The van der Waals surface area contributed by atoms with Gasteiger partial charge in [0.25, 0.3) is 11.5 Å². The van der Waals surface area contributed by atoms with E-state index in [9.17, 15) is 14.4 Å². The molecule has 1 N–H and O–H groups in total. The summed E-state index contributed by atoms with van der Waals surface area (Å²) in [4.78, 5) is 46.9. The maximum Gasteiger partial charge on any atom is 0.261 e. The number of hydrogen-bond acceptors (Lipinski definition) is 5. The molecule has 2 aromatic rings. The number of hydrogen-bond donors (Lipinski definition) is 1. The van der Waals surface area contributed by atoms with Crippen LogP contribution < -0.4 is 10.9 Å². The van der Waals surface area contributed by atoms with Crippen LogP contribution in [0.3, 0.4) is 0 Å². The molecule has 3 aliphatic rings. The lowest BCUT2D eigenvalue weighted by atomic mass is 10.1. The van der Waals surface area contributed by atoms with Gasteiger partial charge in [-0.25, -0.2) is 4.98 Å². The van der Waals surface area contributed by atoms with Gasteiger partial charge < -0.3 is 10.2 Å². The Kier molecular flexibility index (Phi) is 5.95. The summed E-state index contributed by atoms with van der Waals surface area (Å²) < 4.78 is 1.82. The minimum atomic E-state index is -0.0392. The first-order valence-corrected chi connectivity index (χ1v) is 11.9. The molecule has 32 heavy (non-hydrogen) atoms. The Balaban J connectivity index is 1.28. The van der Waals surface area contributed by atoms with Crippen molar-refractivity contribution in [2.24, 2.45) is 0 Å². The molecule has 2 amide bonds. The predicted molar refractivity (Wildman–Crippen MR) is 122 cm³/mol. The van der Waals surface area contributed by atoms with Crippen LogP contribution in [0, 0.1) is 0 Å². The zero-order valence-electron chi connectivity index (χ0n) is 18.5. The van der Waals surface area contributed by atoms with Crippen molar-refractivity contribution in [3.63, 3.8) is 0 Å². The molecule has 1 aliphatic carbocycles. The van der Waals surface area contributed by atoms with Crippen LogP contribution in [-0.4, -0.2) is 69.9 Å². The molecule has 1 saturated heterocycles. The molecule has 0 atom stereocenters. The largest absolute Gasteiger partial charge is 0.352 e. The summed E-state index contributed by atoms with van der Waals surface area (Å²) in [5.74, 6) is 0.876. The van der Waals surface area contributed by atoms with Crippen molar-refractivity contribution in [3.05, 3.63) is 39.9 Å². The van der Waals surface area contributed by atoms with Crippen molar-refractivity contribution in [1.29, 1.82) is 0 Å². The summed E-state index contributed by atoms with van der Waals surface area (Å²) in [6, 6.07) is 5.65. The molecule has 8 heteroatoms. The third-order valence-corrected chi connectivity index (χ3v) is 6.78. The van der Waals surface area contributed by atoms with Crippen LogP contribution in [0.1, 0.15) is 54.7 Å². The number of carbonyl (C=O) groups excluding carboxylic acids is 2. The number of carbonyl (C=O) groups is 2. The van der Waals surface area contributed by atoms with Gasteiger partial charge in [0.05, 0.1) is 17.4 Å². The molecule has 170 valence electrons. The number of aromatic nitrogens is 2. The number of amides is 2. The number of fused-ring (bicyclic) bond motifs is 2. The molecule has 0 unspecified atom stereocenters. The van der Waals surface area contributed by atoms with E-state index in [-0.39, 0.29) is 17.4 Å². The highest BCUT2D eigenvalue weighted by Gasteiger charge is 2.27. The first-order valence-electron chi connectivity index (χ1n) is 11.9. The predicted octanol–water partition coefficient (Wildman–Crippen LogP) is 1.55. The summed E-state index contributed by atoms with van der Waals surface area (Å²) >= 11 is 0. The van der Waals surface area contributed by atoms with Gasteiger partial charge in [0, 0.05) is 50.7 Å². The summed E-state index contributed by atoms with van der Waals surface area (Å²) in [5, 5.41) is 3.60. The molecule has 1 aromatic carbocycles. The topological polar surface area (TPSA) is 87.5 Å². The van der Waals surface area contributed by atoms with Crippen LogP contribution >= 0.6 is 0 Å². The Labute approximate surface area is 187 Å². The number of benzene rings is 1. The van der Waals surface area contributed by atoms with Gasteiger partial charge in [-0.15, -0.1) is 0 Å². The van der Waals surface area contributed by atoms with Crippen LogP contribution in [0.4, 0.5) is 0 Å². The molecule has 0 radical (unpaired) electrons. The minimum Gasteiger partial charge on any atom is -0.352 e. The van der Waals surface area contributed by atoms with E-state index in [0.29, 0.717) is 55.2 Å². The van der Waals surface area contributed by atoms with E-state index in [2.05, 4.69) is 10.2 Å². The molecule has 2 fully saturated rings. The van der Waals surface area contributed by atoms with E-state index in [1.165, 1.54) is 6.42 Å². The van der Waals surface area contributed by atoms with Crippen molar-refractivity contribution in [3.8, 4) is 0 Å². The molecule has 2 aliphatic heterocycles. The number of aryl methyl sites for hydroxylation is 1. The highest BCUT2D eigenvalue weighted by molar-refractivity contribution is 5.97. The number of nitrogens with zero attached hydrogens (tertiary/aromatic N) is 4. The van der Waals surface area contributed by atoms with Gasteiger partial charge in [0.15, 0.2) is 0 Å². The van der Waals surface area contributed by atoms with Crippen LogP contribution in [-0.2, 0) is 17.8 Å². The summed E-state index contributed by atoms with van der Waals surface area (Å²) in [5.41, 5.74) is 1.19.